The Morgan fingerprint density at radius 2 is 1.79 bits per heavy atom. The van der Waals surface area contributed by atoms with Crippen LogP contribution in [-0.4, -0.2) is 58.1 Å². The van der Waals surface area contributed by atoms with Gasteiger partial charge in [0.1, 0.15) is 12.2 Å². The largest absolute Gasteiger partial charge is 0.347 e. The van der Waals surface area contributed by atoms with Crippen LogP contribution in [0.1, 0.15) is 76.0 Å². The standard InChI is InChI=1S/C26H28ClN9O3/c1-14-10-17(15(2)37)11-19(24(38)30-26(4,5)6)22(14)29-25(39)21-12-18(13-35-32-16(3)31-34-35)33-36(21)23-20(27)8-7-9-28-23/h7-12H,13H2,1-6H3,(H,29,39)(H,30,38). The van der Waals surface area contributed by atoms with Crippen LogP contribution in [0.5, 0.6) is 0 Å². The number of carbonyl (C=O) groups excluding carboxylic acids is 3. The Balaban J connectivity index is 1.78. The molecular weight excluding hydrogens is 522 g/mol. The number of halogens is 1. The van der Waals surface area contributed by atoms with Crippen molar-refractivity contribution in [2.45, 2.75) is 53.6 Å². The number of aryl methyl sites for hydroxylation is 2. The Kier molecular flexibility index (Phi) is 7.59. The summed E-state index contributed by atoms with van der Waals surface area (Å²) >= 11 is 6.39. The van der Waals surface area contributed by atoms with Crippen LogP contribution in [0.15, 0.2) is 36.5 Å². The molecule has 0 radical (unpaired) electrons. The number of hydrogen-bond acceptors (Lipinski definition) is 8. The number of ketones is 1. The van der Waals surface area contributed by atoms with Gasteiger partial charge in [0.05, 0.1) is 22.0 Å². The summed E-state index contributed by atoms with van der Waals surface area (Å²) in [7, 11) is 0. The van der Waals surface area contributed by atoms with Gasteiger partial charge in [-0.25, -0.2) is 9.67 Å². The summed E-state index contributed by atoms with van der Waals surface area (Å²) in [5, 5.41) is 22.5. The van der Waals surface area contributed by atoms with Gasteiger partial charge in [-0.05, 0) is 82.7 Å². The maximum atomic E-state index is 13.7. The Bertz CT molecular complexity index is 1580. The van der Waals surface area contributed by atoms with Crippen LogP contribution in [0, 0.1) is 13.8 Å². The average molecular weight is 550 g/mol. The first-order valence-electron chi connectivity index (χ1n) is 12.1. The van der Waals surface area contributed by atoms with Crippen LogP contribution in [0.4, 0.5) is 5.69 Å². The second-order valence-corrected chi connectivity index (χ2v) is 10.4. The molecule has 2 amide bonds. The molecule has 0 fully saturated rings. The molecule has 4 aromatic rings. The number of hydrogen-bond donors (Lipinski definition) is 2. The van der Waals surface area contributed by atoms with Crippen LogP contribution >= 0.6 is 11.6 Å². The van der Waals surface area contributed by atoms with Crippen molar-refractivity contribution in [1.82, 2.24) is 40.3 Å². The van der Waals surface area contributed by atoms with Gasteiger partial charge in [0.25, 0.3) is 11.8 Å². The van der Waals surface area contributed by atoms with E-state index in [1.54, 1.807) is 38.1 Å². The van der Waals surface area contributed by atoms with Gasteiger partial charge in [-0.3, -0.25) is 14.4 Å². The second kappa shape index (κ2) is 10.7. The number of rotatable bonds is 7. The van der Waals surface area contributed by atoms with Crippen molar-refractivity contribution >= 4 is 34.9 Å². The van der Waals surface area contributed by atoms with Crippen molar-refractivity contribution in [3.63, 3.8) is 0 Å². The first-order chi connectivity index (χ1) is 18.3. The molecular formula is C26H28ClN9O3. The fourth-order valence-electron chi connectivity index (χ4n) is 3.82. The van der Waals surface area contributed by atoms with Crippen molar-refractivity contribution in [3.8, 4) is 5.82 Å². The number of Topliss-reactive ketones (excluding diaryl/α,β-unsaturated/α-hetero) is 1. The molecule has 0 aliphatic heterocycles. The number of nitrogens with zero attached hydrogens (tertiary/aromatic N) is 7. The van der Waals surface area contributed by atoms with E-state index in [1.165, 1.54) is 28.7 Å². The summed E-state index contributed by atoms with van der Waals surface area (Å²) in [6.07, 6.45) is 1.53. The fraction of sp³-hybridized carbons (Fsp3) is 0.308. The van der Waals surface area contributed by atoms with Crippen molar-refractivity contribution in [2.75, 3.05) is 5.32 Å². The summed E-state index contributed by atoms with van der Waals surface area (Å²) in [4.78, 5) is 44.7. The summed E-state index contributed by atoms with van der Waals surface area (Å²) in [5.41, 5.74) is 1.34. The Morgan fingerprint density at radius 1 is 1.05 bits per heavy atom. The van der Waals surface area contributed by atoms with Gasteiger partial charge in [-0.2, -0.15) is 9.90 Å². The highest BCUT2D eigenvalue weighted by Crippen LogP contribution is 2.26. The zero-order valence-corrected chi connectivity index (χ0v) is 23.2. The second-order valence-electron chi connectivity index (χ2n) is 10.0. The highest BCUT2D eigenvalue weighted by atomic mass is 35.5. The van der Waals surface area contributed by atoms with E-state index in [4.69, 9.17) is 11.6 Å². The number of anilines is 1. The van der Waals surface area contributed by atoms with Gasteiger partial charge < -0.3 is 10.6 Å². The number of pyridine rings is 1. The van der Waals surface area contributed by atoms with E-state index in [1.807, 2.05) is 20.8 Å². The van der Waals surface area contributed by atoms with E-state index in [0.717, 1.165) is 0 Å². The normalized spacial score (nSPS) is 11.4. The van der Waals surface area contributed by atoms with Gasteiger partial charge in [0.15, 0.2) is 17.4 Å². The van der Waals surface area contributed by atoms with Gasteiger partial charge in [0, 0.05) is 17.3 Å². The van der Waals surface area contributed by atoms with Crippen LogP contribution in [0.3, 0.4) is 0 Å². The smallest absolute Gasteiger partial charge is 0.274 e. The molecule has 0 atom stereocenters. The predicted octanol–water partition coefficient (Wildman–Crippen LogP) is 3.56. The summed E-state index contributed by atoms with van der Waals surface area (Å²) in [5.74, 6) is -0.469. The molecule has 2 N–H and O–H groups in total. The van der Waals surface area contributed by atoms with Gasteiger partial charge in [0.2, 0.25) is 0 Å². The third kappa shape index (κ3) is 6.34. The summed E-state index contributed by atoms with van der Waals surface area (Å²) < 4.78 is 1.32. The lowest BCUT2D eigenvalue weighted by Gasteiger charge is -2.22. The molecule has 1 aromatic carbocycles. The Labute approximate surface area is 229 Å². The van der Waals surface area contributed by atoms with Crippen molar-refractivity contribution in [3.05, 3.63) is 75.5 Å². The average Bonchev–Trinajstić information content (AvgIpc) is 3.45. The zero-order valence-electron chi connectivity index (χ0n) is 22.4. The third-order valence-corrected chi connectivity index (χ3v) is 5.80. The molecule has 0 saturated heterocycles. The summed E-state index contributed by atoms with van der Waals surface area (Å²) in [6, 6.07) is 7.96. The van der Waals surface area contributed by atoms with E-state index < -0.39 is 17.4 Å². The molecule has 0 bridgehead atoms. The molecule has 0 aliphatic carbocycles. The van der Waals surface area contributed by atoms with Crippen LogP contribution in [0.25, 0.3) is 5.82 Å². The van der Waals surface area contributed by atoms with E-state index in [2.05, 4.69) is 36.1 Å². The van der Waals surface area contributed by atoms with E-state index in [-0.39, 0.29) is 40.1 Å². The van der Waals surface area contributed by atoms with Crippen LogP contribution in [-0.2, 0) is 6.54 Å². The maximum Gasteiger partial charge on any atom is 0.274 e. The number of tetrazole rings is 1. The van der Waals surface area contributed by atoms with Gasteiger partial charge in [-0.15, -0.1) is 10.2 Å². The minimum Gasteiger partial charge on any atom is -0.347 e. The molecule has 0 saturated carbocycles. The highest BCUT2D eigenvalue weighted by molar-refractivity contribution is 6.32. The number of carbonyl (C=O) groups is 3. The Hall–Kier alpha value is -4.45. The first-order valence-corrected chi connectivity index (χ1v) is 12.4. The van der Waals surface area contributed by atoms with E-state index in [9.17, 15) is 14.4 Å². The molecule has 202 valence electrons. The monoisotopic (exact) mass is 549 g/mol. The molecule has 3 aromatic heterocycles. The minimum absolute atomic E-state index is 0.111. The molecule has 3 heterocycles. The number of nitrogens with one attached hydrogen (secondary N) is 2. The van der Waals surface area contributed by atoms with Crippen LogP contribution < -0.4 is 10.6 Å². The SMILES string of the molecule is CC(=O)c1cc(C)c(NC(=O)c2cc(Cn3nnc(C)n3)nn2-c2ncccc2Cl)c(C(=O)NC(C)(C)C)c1. The molecule has 0 aliphatic rings. The first kappa shape index (κ1) is 27.6. The lowest BCUT2D eigenvalue weighted by atomic mass is 9.99. The van der Waals surface area contributed by atoms with Crippen molar-refractivity contribution < 1.29 is 14.4 Å². The number of amides is 2. The molecule has 0 unspecified atom stereocenters. The van der Waals surface area contributed by atoms with Gasteiger partial charge in [-0.1, -0.05) is 11.6 Å². The van der Waals surface area contributed by atoms with Crippen molar-refractivity contribution in [1.29, 1.82) is 0 Å². The predicted molar refractivity (Wildman–Crippen MR) is 144 cm³/mol. The molecule has 39 heavy (non-hydrogen) atoms. The minimum atomic E-state index is -0.568. The topological polar surface area (TPSA) is 150 Å². The van der Waals surface area contributed by atoms with E-state index >= 15 is 0 Å². The Morgan fingerprint density at radius 3 is 2.41 bits per heavy atom. The van der Waals surface area contributed by atoms with Crippen molar-refractivity contribution in [2.24, 2.45) is 0 Å². The fourth-order valence-corrected chi connectivity index (χ4v) is 4.02. The number of aromatic nitrogens is 7. The quantitative estimate of drug-likeness (QED) is 0.332. The molecule has 12 nitrogen and oxygen atoms in total. The zero-order chi connectivity index (χ0) is 28.5. The lowest BCUT2D eigenvalue weighted by Crippen LogP contribution is -2.41. The number of benzene rings is 1. The lowest BCUT2D eigenvalue weighted by molar-refractivity contribution is 0.0920. The third-order valence-electron chi connectivity index (χ3n) is 5.50. The highest BCUT2D eigenvalue weighted by Gasteiger charge is 2.25. The summed E-state index contributed by atoms with van der Waals surface area (Å²) in [6.45, 7) is 10.5. The van der Waals surface area contributed by atoms with E-state index in [0.29, 0.717) is 22.6 Å². The van der Waals surface area contributed by atoms with Gasteiger partial charge >= 0.3 is 0 Å². The molecule has 0 spiro atoms. The molecule has 4 rings (SSSR count). The molecule has 13 heteroatoms. The maximum absolute atomic E-state index is 13.7. The van der Waals surface area contributed by atoms with Crippen LogP contribution in [0.2, 0.25) is 5.02 Å².